The Bertz CT molecular complexity index is 648. The number of nitrogens with one attached hydrogen (secondary N) is 2. The quantitative estimate of drug-likeness (QED) is 0.827. The lowest BCUT2D eigenvalue weighted by molar-refractivity contribution is -0.122. The molecule has 0 radical (unpaired) electrons. The van der Waals surface area contributed by atoms with Crippen molar-refractivity contribution in [3.63, 3.8) is 0 Å². The van der Waals surface area contributed by atoms with Crippen LogP contribution in [-0.2, 0) is 17.9 Å². The maximum Gasteiger partial charge on any atom is 0.238 e. The van der Waals surface area contributed by atoms with E-state index in [4.69, 9.17) is 4.74 Å². The van der Waals surface area contributed by atoms with E-state index < -0.39 is 0 Å². The normalized spacial score (nSPS) is 16.2. The molecule has 4 nitrogen and oxygen atoms in total. The zero-order valence-electron chi connectivity index (χ0n) is 13.2. The standard InChI is InChI=1S/C18H20N2O2S.ClH/c21-18(16-12-23-13-20-16)19-10-15-8-4-5-9-17(15)22-11-14-6-2-1-3-7-14;/h1-9,16,20H,10-13H2,(H,19,21);1H. The van der Waals surface area contributed by atoms with Crippen molar-refractivity contribution in [1.29, 1.82) is 0 Å². The summed E-state index contributed by atoms with van der Waals surface area (Å²) < 4.78 is 5.91. The highest BCUT2D eigenvalue weighted by molar-refractivity contribution is 7.99. The third-order valence-corrected chi connectivity index (χ3v) is 4.64. The molecule has 2 N–H and O–H groups in total. The van der Waals surface area contributed by atoms with E-state index >= 15 is 0 Å². The Morgan fingerprint density at radius 1 is 1.17 bits per heavy atom. The average molecular weight is 365 g/mol. The first-order valence-corrected chi connectivity index (χ1v) is 8.82. The van der Waals surface area contributed by atoms with Crippen LogP contribution in [0.2, 0.25) is 0 Å². The third-order valence-electron chi connectivity index (χ3n) is 3.70. The van der Waals surface area contributed by atoms with E-state index in [1.807, 2.05) is 54.6 Å². The number of para-hydroxylation sites is 1. The minimum absolute atomic E-state index is 0. The van der Waals surface area contributed by atoms with Gasteiger partial charge < -0.3 is 10.1 Å². The lowest BCUT2D eigenvalue weighted by Gasteiger charge is -2.14. The largest absolute Gasteiger partial charge is 0.489 e. The summed E-state index contributed by atoms with van der Waals surface area (Å²) in [4.78, 5) is 12.1. The number of benzene rings is 2. The predicted molar refractivity (Wildman–Crippen MR) is 101 cm³/mol. The molecule has 1 fully saturated rings. The van der Waals surface area contributed by atoms with E-state index in [9.17, 15) is 4.79 Å². The molecule has 1 aliphatic heterocycles. The number of carbonyl (C=O) groups is 1. The van der Waals surface area contributed by atoms with Gasteiger partial charge in [-0.2, -0.15) is 0 Å². The lowest BCUT2D eigenvalue weighted by atomic mass is 10.2. The molecule has 6 heteroatoms. The van der Waals surface area contributed by atoms with Crippen molar-refractivity contribution in [2.45, 2.75) is 19.2 Å². The summed E-state index contributed by atoms with van der Waals surface area (Å²) in [7, 11) is 0. The van der Waals surface area contributed by atoms with Crippen molar-refractivity contribution in [1.82, 2.24) is 10.6 Å². The minimum atomic E-state index is -0.0857. The summed E-state index contributed by atoms with van der Waals surface area (Å²) in [5, 5.41) is 6.16. The summed E-state index contributed by atoms with van der Waals surface area (Å²) in [6.45, 7) is 0.999. The van der Waals surface area contributed by atoms with Gasteiger partial charge in [0.1, 0.15) is 12.4 Å². The highest BCUT2D eigenvalue weighted by Crippen LogP contribution is 2.19. The van der Waals surface area contributed by atoms with E-state index in [-0.39, 0.29) is 24.4 Å². The molecule has 0 spiro atoms. The molecule has 1 atom stereocenters. The van der Waals surface area contributed by atoms with E-state index in [1.165, 1.54) is 0 Å². The molecule has 3 rings (SSSR count). The van der Waals surface area contributed by atoms with Crippen molar-refractivity contribution in [2.24, 2.45) is 0 Å². The van der Waals surface area contributed by atoms with Crippen LogP contribution in [0.25, 0.3) is 0 Å². The topological polar surface area (TPSA) is 50.4 Å². The zero-order valence-corrected chi connectivity index (χ0v) is 14.9. The predicted octanol–water partition coefficient (Wildman–Crippen LogP) is 2.97. The Hall–Kier alpha value is -1.69. The van der Waals surface area contributed by atoms with Gasteiger partial charge in [0, 0.05) is 23.7 Å². The Balaban J connectivity index is 0.00000208. The van der Waals surface area contributed by atoms with Crippen LogP contribution in [0.1, 0.15) is 11.1 Å². The van der Waals surface area contributed by atoms with Crippen LogP contribution < -0.4 is 15.4 Å². The maximum atomic E-state index is 12.1. The van der Waals surface area contributed by atoms with Crippen molar-refractivity contribution in [3.05, 3.63) is 65.7 Å². The summed E-state index contributed by atoms with van der Waals surface area (Å²) >= 11 is 1.74. The number of ether oxygens (including phenoxy) is 1. The first-order valence-electron chi connectivity index (χ1n) is 7.66. The van der Waals surface area contributed by atoms with Crippen molar-refractivity contribution in [3.8, 4) is 5.75 Å². The third kappa shape index (κ3) is 5.16. The molecular formula is C18H21ClN2O2S. The van der Waals surface area contributed by atoms with Gasteiger partial charge in [0.2, 0.25) is 5.91 Å². The average Bonchev–Trinajstić information content (AvgIpc) is 3.14. The van der Waals surface area contributed by atoms with Gasteiger partial charge in [-0.25, -0.2) is 0 Å². The van der Waals surface area contributed by atoms with Gasteiger partial charge in [0.25, 0.3) is 0 Å². The number of hydrogen-bond acceptors (Lipinski definition) is 4. The molecule has 2 aromatic carbocycles. The molecule has 1 unspecified atom stereocenters. The number of carbonyl (C=O) groups excluding carboxylic acids is 1. The lowest BCUT2D eigenvalue weighted by Crippen LogP contribution is -2.41. The number of amides is 1. The molecule has 0 aliphatic carbocycles. The fourth-order valence-electron chi connectivity index (χ4n) is 2.40. The zero-order chi connectivity index (χ0) is 15.9. The molecule has 24 heavy (non-hydrogen) atoms. The van der Waals surface area contributed by atoms with Crippen LogP contribution >= 0.6 is 24.2 Å². The SMILES string of the molecule is Cl.O=C(NCc1ccccc1OCc1ccccc1)C1CSCN1. The van der Waals surface area contributed by atoms with Gasteiger partial charge in [0.15, 0.2) is 0 Å². The smallest absolute Gasteiger partial charge is 0.238 e. The van der Waals surface area contributed by atoms with E-state index in [0.717, 1.165) is 28.5 Å². The molecule has 128 valence electrons. The van der Waals surface area contributed by atoms with Crippen molar-refractivity contribution >= 4 is 30.1 Å². The summed E-state index contributed by atoms with van der Waals surface area (Å²) in [6, 6.07) is 17.8. The monoisotopic (exact) mass is 364 g/mol. The van der Waals surface area contributed by atoms with Gasteiger partial charge in [-0.05, 0) is 11.6 Å². The Kier molecular flexibility index (Phi) is 7.43. The maximum absolute atomic E-state index is 12.1. The Morgan fingerprint density at radius 2 is 1.92 bits per heavy atom. The Morgan fingerprint density at radius 3 is 2.67 bits per heavy atom. The highest BCUT2D eigenvalue weighted by Gasteiger charge is 2.22. The molecule has 0 saturated carbocycles. The van der Waals surface area contributed by atoms with Crippen LogP contribution in [0.4, 0.5) is 0 Å². The number of halogens is 1. The molecule has 1 heterocycles. The second-order valence-corrected chi connectivity index (χ2v) is 6.40. The number of thioether (sulfide) groups is 1. The molecular weight excluding hydrogens is 344 g/mol. The summed E-state index contributed by atoms with van der Waals surface area (Å²) in [5.74, 6) is 2.53. The molecule has 1 amide bonds. The van der Waals surface area contributed by atoms with Crippen LogP contribution in [0.5, 0.6) is 5.75 Å². The Labute approximate surface area is 152 Å². The second-order valence-electron chi connectivity index (χ2n) is 5.37. The van der Waals surface area contributed by atoms with Gasteiger partial charge in [-0.3, -0.25) is 10.1 Å². The van der Waals surface area contributed by atoms with Crippen LogP contribution in [0, 0.1) is 0 Å². The minimum Gasteiger partial charge on any atom is -0.489 e. The molecule has 1 aliphatic rings. The highest BCUT2D eigenvalue weighted by atomic mass is 35.5. The van der Waals surface area contributed by atoms with E-state index in [2.05, 4.69) is 10.6 Å². The van der Waals surface area contributed by atoms with Crippen molar-refractivity contribution in [2.75, 3.05) is 11.6 Å². The van der Waals surface area contributed by atoms with Gasteiger partial charge in [-0.1, -0.05) is 48.5 Å². The van der Waals surface area contributed by atoms with Crippen LogP contribution in [0.15, 0.2) is 54.6 Å². The van der Waals surface area contributed by atoms with Gasteiger partial charge >= 0.3 is 0 Å². The van der Waals surface area contributed by atoms with Crippen LogP contribution in [0.3, 0.4) is 0 Å². The number of rotatable bonds is 6. The first kappa shape index (κ1) is 18.6. The fraction of sp³-hybridized carbons (Fsp3) is 0.278. The second kappa shape index (κ2) is 9.57. The fourth-order valence-corrected chi connectivity index (χ4v) is 3.34. The first-order chi connectivity index (χ1) is 11.3. The molecule has 2 aromatic rings. The van der Waals surface area contributed by atoms with Crippen LogP contribution in [-0.4, -0.2) is 23.6 Å². The molecule has 0 bridgehead atoms. The summed E-state index contributed by atoms with van der Waals surface area (Å²) in [5.41, 5.74) is 2.11. The van der Waals surface area contributed by atoms with Gasteiger partial charge in [-0.15, -0.1) is 24.2 Å². The number of hydrogen-bond donors (Lipinski definition) is 2. The molecule has 1 saturated heterocycles. The van der Waals surface area contributed by atoms with Gasteiger partial charge in [0.05, 0.1) is 6.04 Å². The van der Waals surface area contributed by atoms with E-state index in [0.29, 0.717) is 13.2 Å². The molecule has 0 aromatic heterocycles. The van der Waals surface area contributed by atoms with Crippen molar-refractivity contribution < 1.29 is 9.53 Å². The summed E-state index contributed by atoms with van der Waals surface area (Å²) in [6.07, 6.45) is 0. The van der Waals surface area contributed by atoms with E-state index in [1.54, 1.807) is 11.8 Å².